The van der Waals surface area contributed by atoms with E-state index in [9.17, 15) is 14.0 Å². The van der Waals surface area contributed by atoms with E-state index in [1.807, 2.05) is 44.2 Å². The third-order valence-electron chi connectivity index (χ3n) is 6.64. The predicted octanol–water partition coefficient (Wildman–Crippen LogP) is 5.73. The van der Waals surface area contributed by atoms with Crippen molar-refractivity contribution in [1.29, 1.82) is 0 Å². The summed E-state index contributed by atoms with van der Waals surface area (Å²) in [5, 5.41) is 0.903. The van der Waals surface area contributed by atoms with Crippen LogP contribution in [-0.2, 0) is 6.54 Å². The number of carbonyl (C=O) groups is 1. The van der Waals surface area contributed by atoms with Crippen molar-refractivity contribution < 1.29 is 9.18 Å². The van der Waals surface area contributed by atoms with Gasteiger partial charge in [0.05, 0.1) is 23.5 Å². The number of aryl methyl sites for hydroxylation is 1. The second-order valence-electron chi connectivity index (χ2n) is 9.80. The van der Waals surface area contributed by atoms with Crippen molar-refractivity contribution in [2.45, 2.75) is 39.8 Å². The van der Waals surface area contributed by atoms with Gasteiger partial charge in [0.1, 0.15) is 11.6 Å². The molecule has 1 amide bonds. The van der Waals surface area contributed by atoms with Gasteiger partial charge < -0.3 is 10.6 Å². The SMILES string of the molecule is Cc1ccc(C(=O)N(CCCN)C(c2nc3cc(Cl)ccc3c(=O)n2Cc2ccccc2)C(C)C)cc1F. The first kappa shape index (κ1) is 27.5. The van der Waals surface area contributed by atoms with E-state index in [0.717, 1.165) is 5.56 Å². The summed E-state index contributed by atoms with van der Waals surface area (Å²) < 4.78 is 16.1. The maximum Gasteiger partial charge on any atom is 0.261 e. The number of nitrogens with zero attached hydrogens (tertiary/aromatic N) is 3. The molecule has 2 N–H and O–H groups in total. The fraction of sp³-hybridized carbons (Fsp3) is 0.300. The second-order valence-corrected chi connectivity index (χ2v) is 10.2. The quantitative estimate of drug-likeness (QED) is 0.297. The first-order valence-electron chi connectivity index (χ1n) is 12.7. The largest absolute Gasteiger partial charge is 0.330 e. The Hall–Kier alpha value is -3.55. The minimum absolute atomic E-state index is 0.127. The fourth-order valence-electron chi connectivity index (χ4n) is 4.67. The fourth-order valence-corrected chi connectivity index (χ4v) is 4.84. The molecule has 6 nitrogen and oxygen atoms in total. The maximum atomic E-state index is 14.4. The highest BCUT2D eigenvalue weighted by molar-refractivity contribution is 6.31. The van der Waals surface area contributed by atoms with Crippen molar-refractivity contribution in [2.24, 2.45) is 11.7 Å². The zero-order valence-corrected chi connectivity index (χ0v) is 22.6. The van der Waals surface area contributed by atoms with Gasteiger partial charge in [0, 0.05) is 17.1 Å². The van der Waals surface area contributed by atoms with Crippen molar-refractivity contribution in [3.05, 3.63) is 110 Å². The van der Waals surface area contributed by atoms with Gasteiger partial charge in [-0.05, 0) is 67.3 Å². The molecule has 1 aromatic heterocycles. The first-order valence-corrected chi connectivity index (χ1v) is 13.1. The summed E-state index contributed by atoms with van der Waals surface area (Å²) >= 11 is 6.26. The summed E-state index contributed by atoms with van der Waals surface area (Å²) in [5.74, 6) is -0.475. The lowest BCUT2D eigenvalue weighted by molar-refractivity contribution is 0.0602. The minimum atomic E-state index is -0.585. The van der Waals surface area contributed by atoms with Crippen LogP contribution in [0.2, 0.25) is 5.02 Å². The zero-order chi connectivity index (χ0) is 27.4. The molecule has 0 spiro atoms. The number of amides is 1. The molecule has 0 bridgehead atoms. The van der Waals surface area contributed by atoms with Gasteiger partial charge in [0.15, 0.2) is 0 Å². The van der Waals surface area contributed by atoms with Crippen LogP contribution in [0.5, 0.6) is 0 Å². The molecule has 0 fully saturated rings. The molecule has 1 atom stereocenters. The van der Waals surface area contributed by atoms with Crippen LogP contribution in [0.1, 0.15) is 53.6 Å². The summed E-state index contributed by atoms with van der Waals surface area (Å²) in [7, 11) is 0. The Balaban J connectivity index is 1.94. The zero-order valence-electron chi connectivity index (χ0n) is 21.8. The standard InChI is InChI=1S/C30H32ClFN4O2/c1-19(2)27(35(15-7-14-33)29(37)22-11-10-20(3)25(32)16-22)28-34-26-17-23(31)12-13-24(26)30(38)36(28)18-21-8-5-4-6-9-21/h4-6,8-13,16-17,19,27H,7,14-15,18,33H2,1-3H3. The molecule has 0 aliphatic carbocycles. The van der Waals surface area contributed by atoms with Crippen molar-refractivity contribution >= 4 is 28.4 Å². The Labute approximate surface area is 226 Å². The van der Waals surface area contributed by atoms with Crippen LogP contribution >= 0.6 is 11.6 Å². The number of rotatable bonds is 9. The van der Waals surface area contributed by atoms with Gasteiger partial charge in [-0.3, -0.25) is 14.2 Å². The van der Waals surface area contributed by atoms with Gasteiger partial charge in [0.2, 0.25) is 0 Å². The monoisotopic (exact) mass is 534 g/mol. The molecular formula is C30H32ClFN4O2. The van der Waals surface area contributed by atoms with Crippen LogP contribution in [0, 0.1) is 18.7 Å². The van der Waals surface area contributed by atoms with Gasteiger partial charge in [-0.2, -0.15) is 0 Å². The maximum absolute atomic E-state index is 14.4. The number of hydrogen-bond donors (Lipinski definition) is 1. The lowest BCUT2D eigenvalue weighted by Gasteiger charge is -2.35. The summed E-state index contributed by atoms with van der Waals surface area (Å²) in [4.78, 5) is 34.3. The molecular weight excluding hydrogens is 503 g/mol. The van der Waals surface area contributed by atoms with E-state index in [2.05, 4.69) is 0 Å². The Morgan fingerprint density at radius 1 is 1.11 bits per heavy atom. The van der Waals surface area contributed by atoms with E-state index in [4.69, 9.17) is 22.3 Å². The topological polar surface area (TPSA) is 81.2 Å². The predicted molar refractivity (Wildman–Crippen MR) is 150 cm³/mol. The van der Waals surface area contributed by atoms with E-state index in [1.165, 1.54) is 6.07 Å². The second kappa shape index (κ2) is 11.9. The molecule has 1 unspecified atom stereocenters. The van der Waals surface area contributed by atoms with E-state index >= 15 is 0 Å². The molecule has 0 saturated heterocycles. The average Bonchev–Trinajstić information content (AvgIpc) is 2.89. The normalized spacial score (nSPS) is 12.2. The Bertz CT molecular complexity index is 1500. The Morgan fingerprint density at radius 2 is 1.84 bits per heavy atom. The average molecular weight is 535 g/mol. The number of hydrogen-bond acceptors (Lipinski definition) is 4. The molecule has 0 aliphatic heterocycles. The van der Waals surface area contributed by atoms with Crippen molar-refractivity contribution in [3.8, 4) is 0 Å². The summed E-state index contributed by atoms with van der Waals surface area (Å²) in [6.45, 7) is 6.58. The summed E-state index contributed by atoms with van der Waals surface area (Å²) in [5.41, 5.74) is 7.69. The molecule has 4 aromatic rings. The molecule has 0 saturated carbocycles. The molecule has 1 heterocycles. The van der Waals surface area contributed by atoms with Crippen LogP contribution in [0.3, 0.4) is 0 Å². The number of aromatic nitrogens is 2. The number of halogens is 2. The molecule has 198 valence electrons. The van der Waals surface area contributed by atoms with Gasteiger partial charge in [0.25, 0.3) is 11.5 Å². The van der Waals surface area contributed by atoms with Gasteiger partial charge in [-0.25, -0.2) is 9.37 Å². The van der Waals surface area contributed by atoms with E-state index in [1.54, 1.807) is 46.7 Å². The van der Waals surface area contributed by atoms with Gasteiger partial charge in [-0.15, -0.1) is 0 Å². The van der Waals surface area contributed by atoms with E-state index < -0.39 is 11.9 Å². The molecule has 8 heteroatoms. The Kier molecular flexibility index (Phi) is 8.59. The van der Waals surface area contributed by atoms with Crippen LogP contribution in [-0.4, -0.2) is 33.4 Å². The highest BCUT2D eigenvalue weighted by Gasteiger charge is 2.33. The Morgan fingerprint density at radius 3 is 2.50 bits per heavy atom. The number of nitrogens with two attached hydrogens (primary N) is 1. The summed E-state index contributed by atoms with van der Waals surface area (Å²) in [6, 6.07) is 18.5. The highest BCUT2D eigenvalue weighted by atomic mass is 35.5. The highest BCUT2D eigenvalue weighted by Crippen LogP contribution is 2.31. The van der Waals surface area contributed by atoms with Crippen LogP contribution in [0.25, 0.3) is 10.9 Å². The van der Waals surface area contributed by atoms with Gasteiger partial charge in [-0.1, -0.05) is 61.8 Å². The number of carbonyl (C=O) groups excluding carboxylic acids is 1. The first-order chi connectivity index (χ1) is 18.2. The van der Waals surface area contributed by atoms with Crippen LogP contribution < -0.4 is 11.3 Å². The number of fused-ring (bicyclic) bond motifs is 1. The van der Waals surface area contributed by atoms with Crippen molar-refractivity contribution in [2.75, 3.05) is 13.1 Å². The minimum Gasteiger partial charge on any atom is -0.330 e. The van der Waals surface area contributed by atoms with E-state index in [0.29, 0.717) is 46.8 Å². The molecule has 38 heavy (non-hydrogen) atoms. The summed E-state index contributed by atoms with van der Waals surface area (Å²) in [6.07, 6.45) is 0.533. The molecule has 0 radical (unpaired) electrons. The van der Waals surface area contributed by atoms with Crippen LogP contribution in [0.4, 0.5) is 4.39 Å². The third kappa shape index (κ3) is 5.79. The molecule has 3 aromatic carbocycles. The van der Waals surface area contributed by atoms with Crippen molar-refractivity contribution in [3.63, 3.8) is 0 Å². The third-order valence-corrected chi connectivity index (χ3v) is 6.88. The van der Waals surface area contributed by atoms with Crippen molar-refractivity contribution in [1.82, 2.24) is 14.5 Å². The van der Waals surface area contributed by atoms with Crippen LogP contribution in [0.15, 0.2) is 71.5 Å². The van der Waals surface area contributed by atoms with E-state index in [-0.39, 0.29) is 29.5 Å². The van der Waals surface area contributed by atoms with Gasteiger partial charge >= 0.3 is 0 Å². The lowest BCUT2D eigenvalue weighted by Crippen LogP contribution is -2.42. The lowest BCUT2D eigenvalue weighted by atomic mass is 9.98. The number of benzene rings is 3. The smallest absolute Gasteiger partial charge is 0.261 e. The molecule has 0 aliphatic rings. The molecule has 4 rings (SSSR count).